The van der Waals surface area contributed by atoms with Gasteiger partial charge in [0.05, 0.1) is 12.8 Å². The molecule has 0 saturated heterocycles. The number of fused-ring (bicyclic) bond motifs is 3. The third-order valence-electron chi connectivity index (χ3n) is 4.62. The molecule has 2 aromatic carbocycles. The van der Waals surface area contributed by atoms with Crippen molar-refractivity contribution >= 4 is 27.6 Å². The molecule has 23 heavy (non-hydrogen) atoms. The van der Waals surface area contributed by atoms with Gasteiger partial charge in [0.25, 0.3) is 0 Å². The highest BCUT2D eigenvalue weighted by Gasteiger charge is 2.25. The summed E-state index contributed by atoms with van der Waals surface area (Å²) in [6, 6.07) is 12.3. The fraction of sp³-hybridized carbons (Fsp3) is 0.263. The molecule has 3 aromatic rings. The lowest BCUT2D eigenvalue weighted by molar-refractivity contribution is 0.332. The Morgan fingerprint density at radius 2 is 1.91 bits per heavy atom. The predicted octanol–water partition coefficient (Wildman–Crippen LogP) is 4.55. The van der Waals surface area contributed by atoms with Gasteiger partial charge in [-0.25, -0.2) is 0 Å². The van der Waals surface area contributed by atoms with E-state index >= 15 is 0 Å². The molecule has 4 rings (SSSR count). The van der Waals surface area contributed by atoms with E-state index in [1.54, 1.807) is 7.11 Å². The molecule has 1 aliphatic rings. The summed E-state index contributed by atoms with van der Waals surface area (Å²) in [7, 11) is 1.70. The first-order valence-electron chi connectivity index (χ1n) is 7.94. The minimum atomic E-state index is 0.268. The molecule has 4 nitrogen and oxygen atoms in total. The molecule has 2 heterocycles. The Morgan fingerprint density at radius 1 is 1.09 bits per heavy atom. The second-order valence-corrected chi connectivity index (χ2v) is 5.79. The van der Waals surface area contributed by atoms with Crippen LogP contribution in [0.2, 0.25) is 0 Å². The van der Waals surface area contributed by atoms with Gasteiger partial charge in [-0.2, -0.15) is 0 Å². The molecule has 0 spiro atoms. The Labute approximate surface area is 135 Å². The second kappa shape index (κ2) is 5.23. The maximum Gasteiger partial charge on any atom is 0.146 e. The van der Waals surface area contributed by atoms with Crippen LogP contribution in [0.5, 0.6) is 5.75 Å². The van der Waals surface area contributed by atoms with Gasteiger partial charge in [-0.3, -0.25) is 0 Å². The van der Waals surface area contributed by atoms with E-state index < -0.39 is 0 Å². The molecule has 0 aliphatic carbocycles. The predicted molar refractivity (Wildman–Crippen MR) is 93.7 cm³/mol. The number of para-hydroxylation sites is 1. The summed E-state index contributed by atoms with van der Waals surface area (Å²) in [5.41, 5.74) is 2.82. The van der Waals surface area contributed by atoms with E-state index in [4.69, 9.17) is 9.15 Å². The summed E-state index contributed by atoms with van der Waals surface area (Å²) in [4.78, 5) is 4.53. The van der Waals surface area contributed by atoms with Gasteiger partial charge < -0.3 is 19.0 Å². The molecule has 0 N–H and O–H groups in total. The van der Waals surface area contributed by atoms with Crippen LogP contribution in [-0.4, -0.2) is 24.7 Å². The normalized spacial score (nSPS) is 17.6. The van der Waals surface area contributed by atoms with E-state index in [1.807, 2.05) is 24.3 Å². The highest BCUT2D eigenvalue weighted by Crippen LogP contribution is 2.40. The van der Waals surface area contributed by atoms with Crippen molar-refractivity contribution in [3.8, 4) is 5.75 Å². The van der Waals surface area contributed by atoms with Crippen LogP contribution in [0, 0.1) is 0 Å². The maximum absolute atomic E-state index is 5.95. The summed E-state index contributed by atoms with van der Waals surface area (Å²) in [5, 5.41) is 2.25. The van der Waals surface area contributed by atoms with Crippen LogP contribution in [0.1, 0.15) is 13.8 Å². The van der Waals surface area contributed by atoms with Gasteiger partial charge in [0.2, 0.25) is 0 Å². The quantitative estimate of drug-likeness (QED) is 0.709. The van der Waals surface area contributed by atoms with Crippen molar-refractivity contribution < 1.29 is 9.15 Å². The lowest BCUT2D eigenvalue weighted by atomic mass is 10.1. The molecule has 4 heteroatoms. The molecule has 0 amide bonds. The number of methoxy groups -OCH3 is 1. The summed E-state index contributed by atoms with van der Waals surface area (Å²) in [6.45, 7) is 5.34. The molecule has 0 unspecified atom stereocenters. The molecular weight excluding hydrogens is 288 g/mol. The highest BCUT2D eigenvalue weighted by atomic mass is 16.5. The van der Waals surface area contributed by atoms with Gasteiger partial charge in [0.1, 0.15) is 23.1 Å². The van der Waals surface area contributed by atoms with Gasteiger partial charge in [-0.15, -0.1) is 0 Å². The van der Waals surface area contributed by atoms with E-state index in [0.717, 1.165) is 39.9 Å². The number of ether oxygens (including phenoxy) is 1. The Kier molecular flexibility index (Phi) is 3.18. The Bertz CT molecular complexity index is 897. The van der Waals surface area contributed by atoms with Gasteiger partial charge in [0, 0.05) is 35.8 Å². The van der Waals surface area contributed by atoms with Crippen LogP contribution in [0.4, 0.5) is 5.69 Å². The molecule has 1 aliphatic heterocycles. The van der Waals surface area contributed by atoms with Crippen LogP contribution >= 0.6 is 0 Å². The molecule has 0 radical (unpaired) electrons. The minimum Gasteiger partial charge on any atom is -0.494 e. The van der Waals surface area contributed by atoms with E-state index in [9.17, 15) is 0 Å². The average Bonchev–Trinajstić information content (AvgIpc) is 3.13. The fourth-order valence-corrected chi connectivity index (χ4v) is 3.32. The minimum absolute atomic E-state index is 0.268. The Balaban J connectivity index is 1.92. The zero-order valence-electron chi connectivity index (χ0n) is 13.6. The van der Waals surface area contributed by atoms with Crippen LogP contribution in [0.15, 0.2) is 53.2 Å². The first kappa shape index (κ1) is 14.0. The van der Waals surface area contributed by atoms with Crippen molar-refractivity contribution in [2.45, 2.75) is 20.0 Å². The largest absolute Gasteiger partial charge is 0.494 e. The first-order valence-corrected chi connectivity index (χ1v) is 7.94. The Hall–Kier alpha value is -2.62. The molecule has 118 valence electrons. The maximum atomic E-state index is 5.95. The van der Waals surface area contributed by atoms with Gasteiger partial charge in [-0.05, 0) is 26.0 Å². The molecule has 1 atom stereocenters. The third kappa shape index (κ3) is 2.05. The monoisotopic (exact) mass is 308 g/mol. The van der Waals surface area contributed by atoms with E-state index in [0.29, 0.717) is 0 Å². The van der Waals surface area contributed by atoms with Gasteiger partial charge in [0.15, 0.2) is 0 Å². The van der Waals surface area contributed by atoms with Crippen LogP contribution < -0.4 is 9.64 Å². The van der Waals surface area contributed by atoms with Crippen molar-refractivity contribution in [1.29, 1.82) is 0 Å². The number of rotatable bonds is 3. The lowest BCUT2D eigenvalue weighted by Crippen LogP contribution is -2.35. The number of furan rings is 1. The topological polar surface area (TPSA) is 28.9 Å². The summed E-state index contributed by atoms with van der Waals surface area (Å²) in [5.74, 6) is 0.825. The van der Waals surface area contributed by atoms with Gasteiger partial charge >= 0.3 is 0 Å². The number of benzene rings is 2. The molecular formula is C19H20N2O2. The summed E-state index contributed by atoms with van der Waals surface area (Å²) < 4.78 is 11.6. The first-order chi connectivity index (χ1) is 11.2. The molecule has 0 saturated carbocycles. The number of hydrogen-bond donors (Lipinski definition) is 0. The third-order valence-corrected chi connectivity index (χ3v) is 4.62. The lowest BCUT2D eigenvalue weighted by Gasteiger charge is -2.29. The van der Waals surface area contributed by atoms with Crippen molar-refractivity contribution in [1.82, 2.24) is 4.90 Å². The smallest absolute Gasteiger partial charge is 0.146 e. The molecule has 0 fully saturated rings. The fourth-order valence-electron chi connectivity index (χ4n) is 3.32. The molecule has 0 bridgehead atoms. The van der Waals surface area contributed by atoms with Gasteiger partial charge in [-0.1, -0.05) is 18.2 Å². The van der Waals surface area contributed by atoms with Crippen molar-refractivity contribution in [2.75, 3.05) is 18.6 Å². The SMILES string of the molecule is CCN1C=CN(c2cc3c(cc2OC)oc2ccccc23)[C@H]1C. The van der Waals surface area contributed by atoms with E-state index in [2.05, 4.69) is 48.2 Å². The van der Waals surface area contributed by atoms with Crippen LogP contribution in [0.25, 0.3) is 21.9 Å². The average molecular weight is 308 g/mol. The zero-order chi connectivity index (χ0) is 16.0. The second-order valence-electron chi connectivity index (χ2n) is 5.79. The molecule has 1 aromatic heterocycles. The highest BCUT2D eigenvalue weighted by molar-refractivity contribution is 6.07. The van der Waals surface area contributed by atoms with Crippen molar-refractivity contribution in [3.63, 3.8) is 0 Å². The number of nitrogens with zero attached hydrogens (tertiary/aromatic N) is 2. The summed E-state index contributed by atoms with van der Waals surface area (Å²) >= 11 is 0. The zero-order valence-corrected chi connectivity index (χ0v) is 13.6. The van der Waals surface area contributed by atoms with E-state index in [-0.39, 0.29) is 6.17 Å². The summed E-state index contributed by atoms with van der Waals surface area (Å²) in [6.07, 6.45) is 4.51. The number of anilines is 1. The van der Waals surface area contributed by atoms with Crippen molar-refractivity contribution in [2.24, 2.45) is 0 Å². The standard InChI is InChI=1S/C19H20N2O2/c1-4-20-9-10-21(13(20)2)16-11-15-14-7-5-6-8-17(14)23-18(15)12-19(16)22-3/h5-13H,4H2,1-3H3/t13-/m0/s1. The Morgan fingerprint density at radius 3 is 2.65 bits per heavy atom. The van der Waals surface area contributed by atoms with Crippen LogP contribution in [0.3, 0.4) is 0 Å². The number of hydrogen-bond acceptors (Lipinski definition) is 4. The van der Waals surface area contributed by atoms with E-state index in [1.165, 1.54) is 0 Å². The van der Waals surface area contributed by atoms with Crippen LogP contribution in [-0.2, 0) is 0 Å². The van der Waals surface area contributed by atoms with Crippen molar-refractivity contribution in [3.05, 3.63) is 48.8 Å².